The highest BCUT2D eigenvalue weighted by Gasteiger charge is 2.43. The summed E-state index contributed by atoms with van der Waals surface area (Å²) in [5.41, 5.74) is 0.479. The number of aromatic amines is 1. The first-order valence-corrected chi connectivity index (χ1v) is 10.3. The number of hydrogen-bond donors (Lipinski definition) is 4. The molecule has 3 unspecified atom stereocenters. The monoisotopic (exact) mass is 448 g/mol. The van der Waals surface area contributed by atoms with Gasteiger partial charge in [-0.1, -0.05) is 42.8 Å². The van der Waals surface area contributed by atoms with Crippen molar-refractivity contribution in [2.45, 2.75) is 37.8 Å². The molecule has 1 saturated heterocycles. The van der Waals surface area contributed by atoms with E-state index in [1.807, 2.05) is 12.1 Å². The zero-order valence-corrected chi connectivity index (χ0v) is 17.2. The molecular weight excluding hydrogens is 423 g/mol. The first kappa shape index (κ1) is 22.8. The van der Waals surface area contributed by atoms with Gasteiger partial charge < -0.3 is 20.5 Å². The van der Waals surface area contributed by atoms with Crippen LogP contribution >= 0.6 is 23.2 Å². The first-order chi connectivity index (χ1) is 13.9. The molecule has 1 aliphatic heterocycles. The van der Waals surface area contributed by atoms with E-state index in [4.69, 9.17) is 23.2 Å². The molecule has 1 aromatic heterocycles. The maximum Gasteiger partial charge on any atom is 0.252 e. The van der Waals surface area contributed by atoms with Crippen LogP contribution in [0.2, 0.25) is 10.0 Å². The molecular formula is C23H26Cl2N2O3. The van der Waals surface area contributed by atoms with Gasteiger partial charge in [-0.25, -0.2) is 0 Å². The van der Waals surface area contributed by atoms with Crippen LogP contribution in [0.25, 0.3) is 10.9 Å². The molecule has 0 amide bonds. The van der Waals surface area contributed by atoms with Crippen LogP contribution in [-0.2, 0) is 0 Å². The predicted molar refractivity (Wildman–Crippen MR) is 123 cm³/mol. The van der Waals surface area contributed by atoms with E-state index in [1.165, 1.54) is 0 Å². The molecule has 2 aromatic carbocycles. The van der Waals surface area contributed by atoms with E-state index in [-0.39, 0.29) is 25.6 Å². The van der Waals surface area contributed by atoms with Crippen molar-refractivity contribution < 1.29 is 10.2 Å². The van der Waals surface area contributed by atoms with Crippen LogP contribution in [0.5, 0.6) is 0 Å². The Bertz CT molecular complexity index is 1080. The highest BCUT2D eigenvalue weighted by atomic mass is 35.5. The largest absolute Gasteiger partial charge is 0.395 e. The van der Waals surface area contributed by atoms with Crippen LogP contribution in [0.15, 0.2) is 53.3 Å². The summed E-state index contributed by atoms with van der Waals surface area (Å²) in [4.78, 5) is 16.0. The summed E-state index contributed by atoms with van der Waals surface area (Å²) in [7, 11) is 0. The maximum atomic E-state index is 13.0. The minimum absolute atomic E-state index is 0. The number of pyridine rings is 1. The van der Waals surface area contributed by atoms with E-state index in [0.717, 1.165) is 10.9 Å². The van der Waals surface area contributed by atoms with Crippen molar-refractivity contribution in [2.75, 3.05) is 13.2 Å². The normalized spacial score (nSPS) is 22.5. The average Bonchev–Trinajstić information content (AvgIpc) is 2.70. The number of aromatic nitrogens is 1. The van der Waals surface area contributed by atoms with Crippen molar-refractivity contribution in [2.24, 2.45) is 0 Å². The second kappa shape index (κ2) is 9.08. The van der Waals surface area contributed by atoms with Crippen molar-refractivity contribution in [3.8, 4) is 0 Å². The predicted octanol–water partition coefficient (Wildman–Crippen LogP) is 4.08. The minimum Gasteiger partial charge on any atom is -0.395 e. The van der Waals surface area contributed by atoms with E-state index in [2.05, 4.69) is 10.3 Å². The average molecular weight is 449 g/mol. The molecule has 0 saturated carbocycles. The lowest BCUT2D eigenvalue weighted by molar-refractivity contribution is -0.0259. The molecule has 0 aliphatic carbocycles. The number of nitrogens with one attached hydrogen (secondary N) is 2. The van der Waals surface area contributed by atoms with Gasteiger partial charge in [-0.15, -0.1) is 0 Å². The smallest absolute Gasteiger partial charge is 0.252 e. The van der Waals surface area contributed by atoms with E-state index in [1.54, 1.807) is 36.4 Å². The van der Waals surface area contributed by atoms with E-state index >= 15 is 0 Å². The van der Waals surface area contributed by atoms with Crippen molar-refractivity contribution in [3.63, 3.8) is 0 Å². The summed E-state index contributed by atoms with van der Waals surface area (Å²) < 4.78 is 0. The first-order valence-electron chi connectivity index (χ1n) is 9.54. The van der Waals surface area contributed by atoms with Gasteiger partial charge >= 0.3 is 0 Å². The molecule has 4 rings (SSSR count). The SMILES string of the molecule is C.O=c1[nH]c2ccc(Cl)cc2cc1C(c1ccc(Cl)cc1)C1(O)CCNC(CO)C1. The van der Waals surface area contributed by atoms with Crippen molar-refractivity contribution in [1.82, 2.24) is 10.3 Å². The lowest BCUT2D eigenvalue weighted by Gasteiger charge is -2.42. The van der Waals surface area contributed by atoms with Crippen molar-refractivity contribution in [1.29, 1.82) is 0 Å². The highest BCUT2D eigenvalue weighted by Crippen LogP contribution is 2.41. The Hall–Kier alpha value is -1.89. The van der Waals surface area contributed by atoms with Gasteiger partial charge in [0, 0.05) is 33.1 Å². The van der Waals surface area contributed by atoms with Gasteiger partial charge in [-0.2, -0.15) is 0 Å². The molecule has 5 nitrogen and oxygen atoms in total. The fraction of sp³-hybridized carbons (Fsp3) is 0.348. The topological polar surface area (TPSA) is 85.4 Å². The van der Waals surface area contributed by atoms with Gasteiger partial charge in [0.2, 0.25) is 0 Å². The molecule has 1 aliphatic rings. The van der Waals surface area contributed by atoms with Crippen LogP contribution < -0.4 is 10.9 Å². The molecule has 0 radical (unpaired) electrons. The number of hydrogen-bond acceptors (Lipinski definition) is 4. The summed E-state index contributed by atoms with van der Waals surface area (Å²) in [5, 5.41) is 26.5. The molecule has 3 aromatic rings. The van der Waals surface area contributed by atoms with Crippen molar-refractivity contribution in [3.05, 3.63) is 80.1 Å². The zero-order chi connectivity index (χ0) is 20.6. The molecule has 1 fully saturated rings. The Balaban J connectivity index is 0.00000256. The number of H-pyrrole nitrogens is 1. The molecule has 160 valence electrons. The lowest BCUT2D eigenvalue weighted by Crippen LogP contribution is -2.53. The van der Waals surface area contributed by atoms with Gasteiger partial charge in [-0.3, -0.25) is 4.79 Å². The second-order valence-electron chi connectivity index (χ2n) is 7.66. The summed E-state index contributed by atoms with van der Waals surface area (Å²) in [5.74, 6) is -0.581. The summed E-state index contributed by atoms with van der Waals surface area (Å²) in [6.45, 7) is 0.461. The van der Waals surface area contributed by atoms with Crippen LogP contribution in [0.1, 0.15) is 37.3 Å². The fourth-order valence-electron chi connectivity index (χ4n) is 4.33. The third-order valence-electron chi connectivity index (χ3n) is 5.70. The van der Waals surface area contributed by atoms with Gasteiger partial charge in [0.25, 0.3) is 5.56 Å². The van der Waals surface area contributed by atoms with Gasteiger partial charge in [-0.05, 0) is 66.7 Å². The third kappa shape index (κ3) is 4.41. The summed E-state index contributed by atoms with van der Waals surface area (Å²) >= 11 is 12.2. The lowest BCUT2D eigenvalue weighted by atomic mass is 9.71. The molecule has 3 atom stereocenters. The third-order valence-corrected chi connectivity index (χ3v) is 6.18. The Morgan fingerprint density at radius 2 is 1.80 bits per heavy atom. The Morgan fingerprint density at radius 3 is 2.50 bits per heavy atom. The van der Waals surface area contributed by atoms with Gasteiger partial charge in [0.15, 0.2) is 0 Å². The van der Waals surface area contributed by atoms with E-state index < -0.39 is 11.5 Å². The highest BCUT2D eigenvalue weighted by molar-refractivity contribution is 6.31. The van der Waals surface area contributed by atoms with Gasteiger partial charge in [0.05, 0.1) is 12.2 Å². The Kier molecular flexibility index (Phi) is 6.90. The van der Waals surface area contributed by atoms with E-state index in [0.29, 0.717) is 40.5 Å². The van der Waals surface area contributed by atoms with Crippen LogP contribution in [0, 0.1) is 0 Å². The Labute approximate surface area is 185 Å². The van der Waals surface area contributed by atoms with Crippen LogP contribution in [-0.4, -0.2) is 40.0 Å². The Morgan fingerprint density at radius 1 is 1.10 bits per heavy atom. The molecule has 2 heterocycles. The van der Waals surface area contributed by atoms with Gasteiger partial charge in [0.1, 0.15) is 0 Å². The zero-order valence-electron chi connectivity index (χ0n) is 15.7. The second-order valence-corrected chi connectivity index (χ2v) is 8.53. The van der Waals surface area contributed by atoms with Crippen LogP contribution in [0.3, 0.4) is 0 Å². The maximum absolute atomic E-state index is 13.0. The minimum atomic E-state index is -1.20. The quantitative estimate of drug-likeness (QED) is 0.484. The molecule has 30 heavy (non-hydrogen) atoms. The number of aliphatic hydroxyl groups excluding tert-OH is 1. The number of halogens is 2. The number of benzene rings is 2. The fourth-order valence-corrected chi connectivity index (χ4v) is 4.63. The van der Waals surface area contributed by atoms with E-state index in [9.17, 15) is 15.0 Å². The van der Waals surface area contributed by atoms with Crippen LogP contribution in [0.4, 0.5) is 0 Å². The number of aliphatic hydroxyl groups is 2. The molecule has 4 N–H and O–H groups in total. The number of fused-ring (bicyclic) bond motifs is 1. The van der Waals surface area contributed by atoms with Crippen molar-refractivity contribution >= 4 is 34.1 Å². The number of rotatable bonds is 4. The standard InChI is InChI=1S/C22H22Cl2N2O3.CH4/c23-15-3-1-13(2-4-15)20(22(29)7-8-25-17(11-22)12-27)18-10-14-9-16(24)5-6-19(14)26-21(18)28;/h1-6,9-10,17,20,25,27,29H,7-8,11-12H2,(H,26,28);1H4. The summed E-state index contributed by atoms with van der Waals surface area (Å²) in [6.07, 6.45) is 0.771. The molecule has 0 bridgehead atoms. The number of piperidine rings is 1. The molecule has 0 spiro atoms. The molecule has 7 heteroatoms. The summed E-state index contributed by atoms with van der Waals surface area (Å²) in [6, 6.07) is 14.0.